The third kappa shape index (κ3) is 5.59. The summed E-state index contributed by atoms with van der Waals surface area (Å²) in [4.78, 5) is 53.3. The van der Waals surface area contributed by atoms with Crippen LogP contribution < -0.4 is 16.0 Å². The first-order valence-electron chi connectivity index (χ1n) is 10.4. The second kappa shape index (κ2) is 10.1. The van der Waals surface area contributed by atoms with Gasteiger partial charge < -0.3 is 25.5 Å². The van der Waals surface area contributed by atoms with Crippen molar-refractivity contribution in [3.8, 4) is 0 Å². The topological polar surface area (TPSA) is 151 Å². The van der Waals surface area contributed by atoms with E-state index in [-0.39, 0.29) is 18.2 Å². The smallest absolute Gasteiger partial charge is 0.405 e. The number of carboxylic acid groups (broad SMARTS) is 1. The van der Waals surface area contributed by atoms with E-state index in [2.05, 4.69) is 20.9 Å². The van der Waals surface area contributed by atoms with Gasteiger partial charge in [0.05, 0.1) is 6.04 Å². The van der Waals surface area contributed by atoms with Gasteiger partial charge in [-0.3, -0.25) is 14.4 Å². The van der Waals surface area contributed by atoms with Crippen LogP contribution in [0.25, 0.3) is 11.1 Å². The van der Waals surface area contributed by atoms with Crippen LogP contribution in [0.5, 0.6) is 0 Å². The van der Waals surface area contributed by atoms with Crippen molar-refractivity contribution in [3.63, 3.8) is 0 Å². The van der Waals surface area contributed by atoms with Gasteiger partial charge in [0.2, 0.25) is 17.6 Å². The number of carbonyl (C=O) groups is 4. The number of nitrogens with one attached hydrogen (secondary N) is 3. The fraction of sp³-hybridized carbons (Fsp3) is 0.476. The second-order valence-corrected chi connectivity index (χ2v) is 7.57. The van der Waals surface area contributed by atoms with E-state index in [1.165, 1.54) is 0 Å². The van der Waals surface area contributed by atoms with Gasteiger partial charge in [0, 0.05) is 12.5 Å². The van der Waals surface area contributed by atoms with E-state index in [0.29, 0.717) is 36.9 Å². The summed E-state index contributed by atoms with van der Waals surface area (Å²) in [6, 6.07) is 4.81. The fourth-order valence-electron chi connectivity index (χ4n) is 3.61. The van der Waals surface area contributed by atoms with Gasteiger partial charge in [-0.2, -0.15) is 0 Å². The summed E-state index contributed by atoms with van der Waals surface area (Å²) in [7, 11) is 0. The molecule has 0 bridgehead atoms. The predicted molar refractivity (Wildman–Crippen MR) is 110 cm³/mol. The number of para-hydroxylation sites is 2. The molecule has 0 spiro atoms. The number of unbranched alkanes of at least 4 members (excludes halogenated alkanes) is 1. The molecular weight excluding hydrogens is 404 g/mol. The molecule has 4 N–H and O–H groups in total. The van der Waals surface area contributed by atoms with Crippen LogP contribution in [0.15, 0.2) is 28.7 Å². The number of benzene rings is 1. The van der Waals surface area contributed by atoms with Crippen LogP contribution in [0.4, 0.5) is 4.79 Å². The summed E-state index contributed by atoms with van der Waals surface area (Å²) < 4.78 is 5.55. The van der Waals surface area contributed by atoms with Crippen molar-refractivity contribution < 1.29 is 28.7 Å². The summed E-state index contributed by atoms with van der Waals surface area (Å²) in [5.41, 5.74) is 0.936. The molecule has 3 rings (SSSR count). The van der Waals surface area contributed by atoms with E-state index >= 15 is 0 Å². The van der Waals surface area contributed by atoms with Crippen molar-refractivity contribution in [1.29, 1.82) is 0 Å². The summed E-state index contributed by atoms with van der Waals surface area (Å²) in [5, 5.41) is 16.6. The lowest BCUT2D eigenvalue weighted by Gasteiger charge is -2.22. The summed E-state index contributed by atoms with van der Waals surface area (Å²) in [6.45, 7) is 2.43. The number of fused-ring (bicyclic) bond motifs is 1. The molecular formula is C21H26N4O6. The minimum Gasteiger partial charge on any atom is -0.465 e. The second-order valence-electron chi connectivity index (χ2n) is 7.57. The van der Waals surface area contributed by atoms with Crippen molar-refractivity contribution in [3.05, 3.63) is 30.2 Å². The zero-order valence-electron chi connectivity index (χ0n) is 17.2. The number of Topliss-reactive ketones (excluding diaryl/α,β-unsaturated/α-hetero) is 1. The summed E-state index contributed by atoms with van der Waals surface area (Å²) >= 11 is 0. The van der Waals surface area contributed by atoms with E-state index in [1.54, 1.807) is 24.3 Å². The fourth-order valence-corrected chi connectivity index (χ4v) is 3.61. The zero-order valence-corrected chi connectivity index (χ0v) is 17.2. The number of amides is 3. The van der Waals surface area contributed by atoms with Crippen molar-refractivity contribution >= 4 is 34.8 Å². The molecule has 1 aliphatic rings. The molecule has 166 valence electrons. The van der Waals surface area contributed by atoms with Gasteiger partial charge in [-0.05, 0) is 31.4 Å². The standard InChI is InChI=1S/C21H26N4O6/c1-2-3-6-14(25-21(29)30)19(28)23-15(11-12-9-10-22-18(12)27)17(26)20-24-13-7-4-5-8-16(13)31-20/h4-5,7-8,12,14-15,25H,2-3,6,9-11H2,1H3,(H,22,27)(H,23,28)(H,29,30)/t12-,14-,15-/m0/s1. The highest BCUT2D eigenvalue weighted by atomic mass is 16.4. The molecule has 10 heteroatoms. The molecule has 3 amide bonds. The zero-order chi connectivity index (χ0) is 22.4. The van der Waals surface area contributed by atoms with Gasteiger partial charge >= 0.3 is 6.09 Å². The van der Waals surface area contributed by atoms with Crippen molar-refractivity contribution in [2.45, 2.75) is 51.1 Å². The molecule has 10 nitrogen and oxygen atoms in total. The average molecular weight is 430 g/mol. The van der Waals surface area contributed by atoms with Crippen LogP contribution in [-0.2, 0) is 9.59 Å². The minimum absolute atomic E-state index is 0.0721. The average Bonchev–Trinajstić information content (AvgIpc) is 3.35. The molecule has 1 aromatic heterocycles. The lowest BCUT2D eigenvalue weighted by Crippen LogP contribution is -2.52. The molecule has 0 aliphatic carbocycles. The van der Waals surface area contributed by atoms with E-state index < -0.39 is 35.8 Å². The van der Waals surface area contributed by atoms with Crippen molar-refractivity contribution in [1.82, 2.24) is 20.9 Å². The molecule has 1 aromatic carbocycles. The Morgan fingerprint density at radius 1 is 1.26 bits per heavy atom. The van der Waals surface area contributed by atoms with Crippen LogP contribution in [0.1, 0.15) is 49.7 Å². The molecule has 0 saturated carbocycles. The molecule has 31 heavy (non-hydrogen) atoms. The van der Waals surface area contributed by atoms with Gasteiger partial charge in [0.1, 0.15) is 11.6 Å². The lowest BCUT2D eigenvalue weighted by atomic mass is 9.95. The third-order valence-electron chi connectivity index (χ3n) is 5.28. The number of ketones is 1. The Bertz CT molecular complexity index is 939. The molecule has 1 aliphatic heterocycles. The number of aromatic nitrogens is 1. The van der Waals surface area contributed by atoms with Gasteiger partial charge in [0.25, 0.3) is 5.89 Å². The van der Waals surface area contributed by atoms with Gasteiger partial charge in [-0.1, -0.05) is 31.9 Å². The quantitative estimate of drug-likeness (QED) is 0.420. The van der Waals surface area contributed by atoms with Gasteiger partial charge in [0.15, 0.2) is 5.58 Å². The maximum Gasteiger partial charge on any atom is 0.405 e. The Balaban J connectivity index is 1.82. The number of carbonyl (C=O) groups excluding carboxylic acids is 3. The molecule has 1 fully saturated rings. The first kappa shape index (κ1) is 22.3. The lowest BCUT2D eigenvalue weighted by molar-refractivity contribution is -0.125. The predicted octanol–water partition coefficient (Wildman–Crippen LogP) is 1.85. The van der Waals surface area contributed by atoms with E-state index in [4.69, 9.17) is 9.52 Å². The Morgan fingerprint density at radius 3 is 2.68 bits per heavy atom. The molecule has 2 aromatic rings. The van der Waals surface area contributed by atoms with Crippen LogP contribution in [0.3, 0.4) is 0 Å². The molecule has 3 atom stereocenters. The first-order valence-corrected chi connectivity index (χ1v) is 10.4. The molecule has 0 radical (unpaired) electrons. The molecule has 0 unspecified atom stereocenters. The Kier molecular flexibility index (Phi) is 7.22. The number of rotatable bonds is 10. The monoisotopic (exact) mass is 430 g/mol. The maximum absolute atomic E-state index is 13.2. The maximum atomic E-state index is 13.2. The highest BCUT2D eigenvalue weighted by Crippen LogP contribution is 2.21. The van der Waals surface area contributed by atoms with Crippen LogP contribution in [0.2, 0.25) is 0 Å². The normalized spacial score (nSPS) is 17.7. The summed E-state index contributed by atoms with van der Waals surface area (Å²) in [6.07, 6.45) is 0.989. The highest BCUT2D eigenvalue weighted by molar-refractivity contribution is 6.01. The van der Waals surface area contributed by atoms with Crippen LogP contribution >= 0.6 is 0 Å². The SMILES string of the molecule is CCCC[C@H](NC(=O)O)C(=O)N[C@@H](C[C@@H]1CCNC1=O)C(=O)c1nc2ccccc2o1. The van der Waals surface area contributed by atoms with Crippen molar-refractivity contribution in [2.24, 2.45) is 5.92 Å². The number of oxazole rings is 1. The van der Waals surface area contributed by atoms with Crippen LogP contribution in [0, 0.1) is 5.92 Å². The first-order chi connectivity index (χ1) is 14.9. The highest BCUT2D eigenvalue weighted by Gasteiger charge is 2.35. The van der Waals surface area contributed by atoms with E-state index in [1.807, 2.05) is 6.92 Å². The van der Waals surface area contributed by atoms with E-state index in [0.717, 1.165) is 6.42 Å². The van der Waals surface area contributed by atoms with E-state index in [9.17, 15) is 19.2 Å². The third-order valence-corrected chi connectivity index (χ3v) is 5.28. The number of hydrogen-bond acceptors (Lipinski definition) is 6. The number of hydrogen-bond donors (Lipinski definition) is 4. The molecule has 2 heterocycles. The Hall–Kier alpha value is -3.43. The molecule has 1 saturated heterocycles. The minimum atomic E-state index is -1.33. The van der Waals surface area contributed by atoms with Gasteiger partial charge in [-0.25, -0.2) is 9.78 Å². The number of nitrogens with zero attached hydrogens (tertiary/aromatic N) is 1. The van der Waals surface area contributed by atoms with Gasteiger partial charge in [-0.15, -0.1) is 0 Å². The summed E-state index contributed by atoms with van der Waals surface area (Å²) in [5.74, 6) is -1.98. The Labute approximate surface area is 178 Å². The largest absolute Gasteiger partial charge is 0.465 e. The van der Waals surface area contributed by atoms with Crippen LogP contribution in [-0.4, -0.2) is 52.4 Å². The Morgan fingerprint density at radius 2 is 2.03 bits per heavy atom. The van der Waals surface area contributed by atoms with Crippen molar-refractivity contribution in [2.75, 3.05) is 6.54 Å².